The van der Waals surface area contributed by atoms with Crippen molar-refractivity contribution in [2.75, 3.05) is 24.7 Å². The minimum absolute atomic E-state index is 0.0119. The third-order valence-corrected chi connectivity index (χ3v) is 6.77. The molecular formula is C19H21ClF3NO6S2. The third-order valence-electron chi connectivity index (χ3n) is 4.13. The number of halogens is 4. The number of alkyl halides is 3. The molecule has 1 heterocycles. The maximum Gasteiger partial charge on any atom is 0.430 e. The summed E-state index contributed by atoms with van der Waals surface area (Å²) in [4.78, 5) is 26.5. The van der Waals surface area contributed by atoms with Gasteiger partial charge in [0, 0.05) is 22.1 Å². The third kappa shape index (κ3) is 7.38. The Balaban J connectivity index is 2.07. The summed E-state index contributed by atoms with van der Waals surface area (Å²) < 4.78 is 51.0. The summed E-state index contributed by atoms with van der Waals surface area (Å²) in [5, 5.41) is 9.47. The van der Waals surface area contributed by atoms with Gasteiger partial charge in [0.15, 0.2) is 0 Å². The maximum absolute atomic E-state index is 13.6. The Labute approximate surface area is 195 Å². The zero-order valence-electron chi connectivity index (χ0n) is 17.4. The first-order chi connectivity index (χ1) is 14.8. The lowest BCUT2D eigenvalue weighted by Crippen LogP contribution is -2.41. The molecule has 0 saturated carbocycles. The van der Waals surface area contributed by atoms with Crippen molar-refractivity contribution in [1.29, 1.82) is 0 Å². The monoisotopic (exact) mass is 515 g/mol. The van der Waals surface area contributed by atoms with Gasteiger partial charge in [-0.3, -0.25) is 0 Å². The van der Waals surface area contributed by atoms with Crippen molar-refractivity contribution in [2.45, 2.75) is 38.5 Å². The quantitative estimate of drug-likeness (QED) is 0.140. The van der Waals surface area contributed by atoms with Crippen LogP contribution in [0.15, 0.2) is 17.7 Å². The summed E-state index contributed by atoms with van der Waals surface area (Å²) in [6.45, 7) is 5.37. The van der Waals surface area contributed by atoms with E-state index in [9.17, 15) is 28.1 Å². The van der Waals surface area contributed by atoms with E-state index in [4.69, 9.17) is 21.1 Å². The van der Waals surface area contributed by atoms with Crippen molar-refractivity contribution in [3.05, 3.63) is 44.0 Å². The summed E-state index contributed by atoms with van der Waals surface area (Å²) >= 11 is 6.30. The molecule has 0 saturated heterocycles. The Morgan fingerprint density at radius 3 is 2.41 bits per heavy atom. The van der Waals surface area contributed by atoms with Crippen LogP contribution in [0.25, 0.3) is 6.08 Å². The molecule has 178 valence electrons. The van der Waals surface area contributed by atoms with Gasteiger partial charge in [0.2, 0.25) is 6.10 Å². The predicted molar refractivity (Wildman–Crippen MR) is 117 cm³/mol. The van der Waals surface area contributed by atoms with Crippen LogP contribution in [0.4, 0.5) is 13.2 Å². The standard InChI is InChI=1S/C19H21ClF3NO6S2/c1-18(2,3)13-10-15-11(9-14(13)20)8-12(16(30-15)19(21,22)23)17(25)28-4-6-31-32-7-5-29-24(26)27/h8-10,16H,4-7H2,1-3H3. The highest BCUT2D eigenvalue weighted by Gasteiger charge is 2.49. The number of hydrogen-bond acceptors (Lipinski definition) is 8. The van der Waals surface area contributed by atoms with E-state index in [0.29, 0.717) is 16.3 Å². The van der Waals surface area contributed by atoms with Crippen LogP contribution in [0.1, 0.15) is 31.9 Å². The smallest absolute Gasteiger partial charge is 0.430 e. The van der Waals surface area contributed by atoms with Crippen molar-refractivity contribution in [1.82, 2.24) is 0 Å². The lowest BCUT2D eigenvalue weighted by molar-refractivity contribution is -0.756. The molecule has 13 heteroatoms. The molecule has 2 rings (SSSR count). The summed E-state index contributed by atoms with van der Waals surface area (Å²) in [5.74, 6) is -0.557. The van der Waals surface area contributed by atoms with Crippen LogP contribution < -0.4 is 4.74 Å². The van der Waals surface area contributed by atoms with Crippen LogP contribution in [-0.2, 0) is 19.8 Å². The van der Waals surface area contributed by atoms with E-state index >= 15 is 0 Å². The maximum atomic E-state index is 13.6. The summed E-state index contributed by atoms with van der Waals surface area (Å²) in [5.41, 5.74) is -0.207. The number of hydrogen-bond donors (Lipinski definition) is 0. The molecule has 0 aliphatic carbocycles. The van der Waals surface area contributed by atoms with Crippen molar-refractivity contribution in [2.24, 2.45) is 0 Å². The van der Waals surface area contributed by atoms with Crippen molar-refractivity contribution < 1.29 is 37.4 Å². The Morgan fingerprint density at radius 2 is 1.84 bits per heavy atom. The molecule has 0 fully saturated rings. The lowest BCUT2D eigenvalue weighted by Gasteiger charge is -2.30. The largest absolute Gasteiger partial charge is 0.475 e. The van der Waals surface area contributed by atoms with E-state index in [1.165, 1.54) is 33.7 Å². The molecule has 1 aliphatic rings. The van der Waals surface area contributed by atoms with Crippen molar-refractivity contribution in [3.63, 3.8) is 0 Å². The summed E-state index contributed by atoms with van der Waals surface area (Å²) in [7, 11) is 2.49. The Hall–Kier alpha value is -1.79. The van der Waals surface area contributed by atoms with Gasteiger partial charge in [0.25, 0.3) is 5.09 Å². The molecular weight excluding hydrogens is 495 g/mol. The second kappa shape index (κ2) is 10.9. The highest BCUT2D eigenvalue weighted by atomic mass is 35.5. The molecule has 1 aromatic carbocycles. The average molecular weight is 516 g/mol. The number of rotatable bonds is 9. The van der Waals surface area contributed by atoms with Crippen LogP contribution in [0.5, 0.6) is 5.75 Å². The van der Waals surface area contributed by atoms with Gasteiger partial charge in [-0.2, -0.15) is 13.2 Å². The fourth-order valence-electron chi connectivity index (χ4n) is 2.72. The van der Waals surface area contributed by atoms with Crippen LogP contribution in [0.2, 0.25) is 5.02 Å². The molecule has 7 nitrogen and oxygen atoms in total. The van der Waals surface area contributed by atoms with Crippen LogP contribution >= 0.6 is 33.2 Å². The van der Waals surface area contributed by atoms with Gasteiger partial charge in [-0.25, -0.2) is 4.79 Å². The zero-order chi connectivity index (χ0) is 24.1. The highest BCUT2D eigenvalue weighted by Crippen LogP contribution is 2.42. The average Bonchev–Trinajstić information content (AvgIpc) is 2.66. The first-order valence-corrected chi connectivity index (χ1v) is 12.1. The second-order valence-electron chi connectivity index (χ2n) is 7.60. The topological polar surface area (TPSA) is 87.9 Å². The molecule has 0 spiro atoms. The first kappa shape index (κ1) is 26.5. The number of carbonyl (C=O) groups excluding carboxylic acids is 1. The molecule has 1 atom stereocenters. The molecule has 1 aromatic rings. The van der Waals surface area contributed by atoms with Gasteiger partial charge in [0.05, 0.1) is 5.57 Å². The van der Waals surface area contributed by atoms with Crippen molar-refractivity contribution >= 4 is 45.2 Å². The number of fused-ring (bicyclic) bond motifs is 1. The molecule has 0 aromatic heterocycles. The summed E-state index contributed by atoms with van der Waals surface area (Å²) in [6.07, 6.45) is -6.20. The van der Waals surface area contributed by atoms with E-state index in [2.05, 4.69) is 4.84 Å². The van der Waals surface area contributed by atoms with Gasteiger partial charge in [0.1, 0.15) is 19.0 Å². The summed E-state index contributed by atoms with van der Waals surface area (Å²) in [6, 6.07) is 2.93. The molecule has 0 N–H and O–H groups in total. The number of benzene rings is 1. The molecule has 1 aliphatic heterocycles. The van der Waals surface area contributed by atoms with E-state index < -0.39 is 34.3 Å². The minimum atomic E-state index is -4.83. The predicted octanol–water partition coefficient (Wildman–Crippen LogP) is 5.48. The Kier molecular flexibility index (Phi) is 9.00. The molecule has 32 heavy (non-hydrogen) atoms. The molecule has 0 radical (unpaired) electrons. The number of ether oxygens (including phenoxy) is 2. The zero-order valence-corrected chi connectivity index (χ0v) is 19.8. The van der Waals surface area contributed by atoms with Gasteiger partial charge in [-0.1, -0.05) is 54.0 Å². The van der Waals surface area contributed by atoms with Gasteiger partial charge in [-0.15, -0.1) is 10.1 Å². The van der Waals surface area contributed by atoms with Gasteiger partial charge >= 0.3 is 12.1 Å². The first-order valence-electron chi connectivity index (χ1n) is 9.28. The number of carbonyl (C=O) groups is 1. The Bertz CT molecular complexity index is 889. The normalized spacial score (nSPS) is 16.0. The van der Waals surface area contributed by atoms with E-state index in [0.717, 1.165) is 6.08 Å². The second-order valence-corrected chi connectivity index (χ2v) is 10.7. The van der Waals surface area contributed by atoms with Gasteiger partial charge < -0.3 is 14.3 Å². The molecule has 0 bridgehead atoms. The SMILES string of the molecule is CC(C)(C)c1cc2c(cc1Cl)C=C(C(=O)OCCSSCCO[N+](=O)[O-])C(C(F)(F)F)O2. The molecule has 1 unspecified atom stereocenters. The number of esters is 1. The van der Waals surface area contributed by atoms with E-state index in [1.54, 1.807) is 0 Å². The van der Waals surface area contributed by atoms with Crippen LogP contribution in [-0.4, -0.2) is 48.1 Å². The fraction of sp³-hybridized carbons (Fsp3) is 0.526. The van der Waals surface area contributed by atoms with Crippen LogP contribution in [0.3, 0.4) is 0 Å². The lowest BCUT2D eigenvalue weighted by atomic mass is 9.85. The fourth-order valence-corrected chi connectivity index (χ4v) is 4.82. The van der Waals surface area contributed by atoms with Crippen molar-refractivity contribution in [3.8, 4) is 5.75 Å². The highest BCUT2D eigenvalue weighted by molar-refractivity contribution is 8.76. The van der Waals surface area contributed by atoms with Gasteiger partial charge in [-0.05, 0) is 29.2 Å². The van der Waals surface area contributed by atoms with E-state index in [1.807, 2.05) is 20.8 Å². The minimum Gasteiger partial charge on any atom is -0.475 e. The van der Waals surface area contributed by atoms with Crippen LogP contribution in [0, 0.1) is 10.1 Å². The number of nitrogens with zero attached hydrogens (tertiary/aromatic N) is 1. The molecule has 0 amide bonds. The van der Waals surface area contributed by atoms with E-state index in [-0.39, 0.29) is 30.3 Å². The Morgan fingerprint density at radius 1 is 1.22 bits per heavy atom.